The smallest absolute Gasteiger partial charge is 0.212 e. The number of H-pyrrole nitrogens is 1. The van der Waals surface area contributed by atoms with Crippen LogP contribution in [0.4, 0.5) is 0 Å². The Morgan fingerprint density at radius 2 is 2.46 bits per heavy atom. The Bertz CT molecular complexity index is 291. The molecule has 1 aliphatic rings. The molecule has 0 saturated heterocycles. The molecule has 3 N–H and O–H groups in total. The van der Waals surface area contributed by atoms with Gasteiger partial charge in [0.05, 0.1) is 13.3 Å². The number of aryl methyl sites for hydroxylation is 1. The van der Waals surface area contributed by atoms with Gasteiger partial charge in [-0.15, -0.1) is 0 Å². The van der Waals surface area contributed by atoms with Gasteiger partial charge in [0.2, 0.25) is 5.88 Å². The van der Waals surface area contributed by atoms with Crippen molar-refractivity contribution in [1.29, 1.82) is 0 Å². The van der Waals surface area contributed by atoms with E-state index in [9.17, 15) is 0 Å². The number of hydrogen-bond acceptors (Lipinski definition) is 3. The summed E-state index contributed by atoms with van der Waals surface area (Å²) in [5.74, 6) is 0.768. The molecule has 0 atom stereocenters. The quantitative estimate of drug-likeness (QED) is 0.723. The fourth-order valence-electron chi connectivity index (χ4n) is 1.45. The highest BCUT2D eigenvalue weighted by Gasteiger charge is 2.37. The molecule has 1 heterocycles. The first-order valence-corrected chi connectivity index (χ1v) is 4.59. The molecule has 1 saturated carbocycles. The van der Waals surface area contributed by atoms with Gasteiger partial charge in [-0.2, -0.15) is 5.10 Å². The first-order chi connectivity index (χ1) is 6.23. The molecule has 13 heavy (non-hydrogen) atoms. The second-order valence-corrected chi connectivity index (χ2v) is 3.79. The molecule has 0 bridgehead atoms. The molecule has 0 aromatic carbocycles. The third-order valence-corrected chi connectivity index (χ3v) is 2.67. The third-order valence-electron chi connectivity index (χ3n) is 2.67. The summed E-state index contributed by atoms with van der Waals surface area (Å²) in [6.07, 6.45) is 6.12. The first-order valence-electron chi connectivity index (χ1n) is 4.59. The van der Waals surface area contributed by atoms with Gasteiger partial charge in [0.25, 0.3) is 0 Å². The second-order valence-electron chi connectivity index (χ2n) is 3.79. The normalized spacial score (nSPS) is 18.6. The summed E-state index contributed by atoms with van der Waals surface area (Å²) in [5.41, 5.74) is 7.22. The van der Waals surface area contributed by atoms with E-state index in [0.29, 0.717) is 0 Å². The van der Waals surface area contributed by atoms with Crippen LogP contribution in [0.25, 0.3) is 0 Å². The number of ether oxygens (including phenoxy) is 1. The highest BCUT2D eigenvalue weighted by molar-refractivity contribution is 5.23. The molecule has 0 aliphatic heterocycles. The lowest BCUT2D eigenvalue weighted by atomic mass is 10.1. The Morgan fingerprint density at radius 3 is 3.08 bits per heavy atom. The number of rotatable bonds is 4. The number of methoxy groups -OCH3 is 1. The zero-order valence-electron chi connectivity index (χ0n) is 7.84. The Balaban J connectivity index is 1.93. The predicted octanol–water partition coefficient (Wildman–Crippen LogP) is 0.842. The number of nitrogens with two attached hydrogens (primary N) is 1. The molecule has 4 heteroatoms. The third kappa shape index (κ3) is 1.83. The largest absolute Gasteiger partial charge is 0.481 e. The number of nitrogens with one attached hydrogen (secondary N) is 1. The van der Waals surface area contributed by atoms with E-state index in [1.807, 2.05) is 6.20 Å². The number of aromatic nitrogens is 2. The number of nitrogens with zero attached hydrogens (tertiary/aromatic N) is 1. The van der Waals surface area contributed by atoms with Crippen LogP contribution in [-0.4, -0.2) is 22.8 Å². The average Bonchev–Trinajstić information content (AvgIpc) is 2.69. The van der Waals surface area contributed by atoms with Crippen molar-refractivity contribution in [3.8, 4) is 5.88 Å². The molecule has 1 aromatic heterocycles. The van der Waals surface area contributed by atoms with Crippen LogP contribution in [0.1, 0.15) is 24.8 Å². The molecule has 0 amide bonds. The Labute approximate surface area is 77.5 Å². The van der Waals surface area contributed by atoms with E-state index in [2.05, 4.69) is 10.2 Å². The SMILES string of the molecule is COc1[nH]ncc1CCC1(N)CC1. The Morgan fingerprint density at radius 1 is 1.69 bits per heavy atom. The molecule has 0 radical (unpaired) electrons. The fourth-order valence-corrected chi connectivity index (χ4v) is 1.45. The molecule has 0 unspecified atom stereocenters. The van der Waals surface area contributed by atoms with E-state index in [1.54, 1.807) is 7.11 Å². The van der Waals surface area contributed by atoms with Crippen molar-refractivity contribution in [2.24, 2.45) is 5.73 Å². The van der Waals surface area contributed by atoms with Crippen molar-refractivity contribution >= 4 is 0 Å². The minimum atomic E-state index is 0.113. The molecule has 4 nitrogen and oxygen atoms in total. The average molecular weight is 181 g/mol. The van der Waals surface area contributed by atoms with Gasteiger partial charge in [0.15, 0.2) is 0 Å². The van der Waals surface area contributed by atoms with Gasteiger partial charge in [0.1, 0.15) is 0 Å². The van der Waals surface area contributed by atoms with E-state index in [1.165, 1.54) is 0 Å². The Hall–Kier alpha value is -1.03. The molecule has 1 fully saturated rings. The van der Waals surface area contributed by atoms with Crippen LogP contribution < -0.4 is 10.5 Å². The molecule has 0 spiro atoms. The van der Waals surface area contributed by atoms with Crippen LogP contribution in [-0.2, 0) is 6.42 Å². The molecule has 1 aromatic rings. The van der Waals surface area contributed by atoms with Crippen LogP contribution in [0.5, 0.6) is 5.88 Å². The van der Waals surface area contributed by atoms with Gasteiger partial charge in [-0.3, -0.25) is 0 Å². The fraction of sp³-hybridized carbons (Fsp3) is 0.667. The maximum absolute atomic E-state index is 5.98. The minimum absolute atomic E-state index is 0.113. The summed E-state index contributed by atoms with van der Waals surface area (Å²) < 4.78 is 5.11. The summed E-state index contributed by atoms with van der Waals surface area (Å²) in [6.45, 7) is 0. The summed E-state index contributed by atoms with van der Waals surface area (Å²) in [4.78, 5) is 0. The molecule has 72 valence electrons. The van der Waals surface area contributed by atoms with E-state index in [0.717, 1.165) is 37.1 Å². The van der Waals surface area contributed by atoms with E-state index >= 15 is 0 Å². The highest BCUT2D eigenvalue weighted by Crippen LogP contribution is 2.37. The molecule has 2 rings (SSSR count). The van der Waals surface area contributed by atoms with Gasteiger partial charge in [0, 0.05) is 11.1 Å². The van der Waals surface area contributed by atoms with Crippen molar-refractivity contribution in [2.45, 2.75) is 31.2 Å². The van der Waals surface area contributed by atoms with E-state index in [-0.39, 0.29) is 5.54 Å². The summed E-state index contributed by atoms with van der Waals surface area (Å²) in [7, 11) is 1.65. The minimum Gasteiger partial charge on any atom is -0.481 e. The van der Waals surface area contributed by atoms with Crippen LogP contribution in [0.2, 0.25) is 0 Å². The van der Waals surface area contributed by atoms with E-state index < -0.39 is 0 Å². The monoisotopic (exact) mass is 181 g/mol. The second kappa shape index (κ2) is 3.03. The van der Waals surface area contributed by atoms with Crippen LogP contribution >= 0.6 is 0 Å². The molecular formula is C9H15N3O. The predicted molar refractivity (Wildman–Crippen MR) is 49.6 cm³/mol. The van der Waals surface area contributed by atoms with Crippen molar-refractivity contribution in [3.63, 3.8) is 0 Å². The van der Waals surface area contributed by atoms with Crippen LogP contribution in [0, 0.1) is 0 Å². The first kappa shape index (κ1) is 8.56. The maximum atomic E-state index is 5.98. The van der Waals surface area contributed by atoms with E-state index in [4.69, 9.17) is 10.5 Å². The lowest BCUT2D eigenvalue weighted by Gasteiger charge is -2.07. The molecule has 1 aliphatic carbocycles. The van der Waals surface area contributed by atoms with Crippen molar-refractivity contribution in [1.82, 2.24) is 10.2 Å². The van der Waals surface area contributed by atoms with Crippen LogP contribution in [0.15, 0.2) is 6.20 Å². The number of hydrogen-bond donors (Lipinski definition) is 2. The van der Waals surface area contributed by atoms with Crippen LogP contribution in [0.3, 0.4) is 0 Å². The maximum Gasteiger partial charge on any atom is 0.212 e. The standard InChI is InChI=1S/C9H15N3O/c1-13-8-7(6-11-12-8)2-3-9(10)4-5-9/h6H,2-5,10H2,1H3,(H,11,12). The van der Waals surface area contributed by atoms with Gasteiger partial charge >= 0.3 is 0 Å². The van der Waals surface area contributed by atoms with Crippen molar-refractivity contribution in [3.05, 3.63) is 11.8 Å². The van der Waals surface area contributed by atoms with Gasteiger partial charge in [-0.25, -0.2) is 5.10 Å². The van der Waals surface area contributed by atoms with Gasteiger partial charge < -0.3 is 10.5 Å². The lowest BCUT2D eigenvalue weighted by molar-refractivity contribution is 0.391. The lowest BCUT2D eigenvalue weighted by Crippen LogP contribution is -2.22. The zero-order chi connectivity index (χ0) is 9.31. The van der Waals surface area contributed by atoms with Gasteiger partial charge in [-0.05, 0) is 25.7 Å². The Kier molecular flexibility index (Phi) is 2.00. The topological polar surface area (TPSA) is 63.9 Å². The van der Waals surface area contributed by atoms with Gasteiger partial charge in [-0.1, -0.05) is 0 Å². The highest BCUT2D eigenvalue weighted by atomic mass is 16.5. The summed E-state index contributed by atoms with van der Waals surface area (Å²) >= 11 is 0. The van der Waals surface area contributed by atoms with Crippen molar-refractivity contribution < 1.29 is 4.74 Å². The van der Waals surface area contributed by atoms with Crippen molar-refractivity contribution in [2.75, 3.05) is 7.11 Å². The number of aromatic amines is 1. The molecular weight excluding hydrogens is 166 g/mol. The summed E-state index contributed by atoms with van der Waals surface area (Å²) in [6, 6.07) is 0. The summed E-state index contributed by atoms with van der Waals surface area (Å²) in [5, 5.41) is 6.72. The zero-order valence-corrected chi connectivity index (χ0v) is 7.84.